The van der Waals surface area contributed by atoms with Crippen molar-refractivity contribution in [2.75, 3.05) is 22.6 Å². The molecule has 1 saturated heterocycles. The van der Waals surface area contributed by atoms with Crippen molar-refractivity contribution in [1.82, 2.24) is 0 Å². The second kappa shape index (κ2) is 4.07. The minimum Gasteiger partial charge on any atom is -0.399 e. The highest BCUT2D eigenvalue weighted by molar-refractivity contribution is 7.91. The molecule has 94 valence electrons. The molecule has 1 aromatic rings. The second-order valence-electron chi connectivity index (χ2n) is 4.77. The highest BCUT2D eigenvalue weighted by atomic mass is 35.5. The fraction of sp³-hybridized carbons (Fsp3) is 0.455. The van der Waals surface area contributed by atoms with Crippen LogP contribution in [0.15, 0.2) is 18.2 Å². The van der Waals surface area contributed by atoms with Crippen molar-refractivity contribution < 1.29 is 8.42 Å². The third-order valence-electron chi connectivity index (χ3n) is 2.93. The van der Waals surface area contributed by atoms with Crippen molar-refractivity contribution in [2.45, 2.75) is 18.9 Å². The Kier molecular flexibility index (Phi) is 2.99. The Morgan fingerprint density at radius 2 is 2.18 bits per heavy atom. The SMILES string of the molecule is CC1(Nc2ccc(N)cc2Cl)CCS(=O)(=O)C1. The first-order valence-corrected chi connectivity index (χ1v) is 7.53. The predicted molar refractivity (Wildman–Crippen MR) is 71.2 cm³/mol. The fourth-order valence-electron chi connectivity index (χ4n) is 2.07. The van der Waals surface area contributed by atoms with Crippen LogP contribution in [-0.2, 0) is 9.84 Å². The summed E-state index contributed by atoms with van der Waals surface area (Å²) in [4.78, 5) is 0. The van der Waals surface area contributed by atoms with Gasteiger partial charge in [0.2, 0.25) is 0 Å². The predicted octanol–water partition coefficient (Wildman–Crippen LogP) is 1.91. The Hall–Kier alpha value is -0.940. The lowest BCUT2D eigenvalue weighted by Crippen LogP contribution is -2.35. The number of benzene rings is 1. The minimum absolute atomic E-state index is 0.140. The quantitative estimate of drug-likeness (QED) is 0.808. The smallest absolute Gasteiger partial charge is 0.152 e. The molecular formula is C11H15ClN2O2S. The number of hydrogen-bond donors (Lipinski definition) is 2. The number of rotatable bonds is 2. The number of hydrogen-bond acceptors (Lipinski definition) is 4. The van der Waals surface area contributed by atoms with Gasteiger partial charge in [0.15, 0.2) is 9.84 Å². The van der Waals surface area contributed by atoms with Crippen LogP contribution in [0, 0.1) is 0 Å². The Labute approximate surface area is 106 Å². The Morgan fingerprint density at radius 3 is 2.71 bits per heavy atom. The summed E-state index contributed by atoms with van der Waals surface area (Å²) in [5.41, 5.74) is 6.47. The van der Waals surface area contributed by atoms with Gasteiger partial charge in [-0.25, -0.2) is 8.42 Å². The zero-order valence-corrected chi connectivity index (χ0v) is 11.1. The van der Waals surface area contributed by atoms with Crippen molar-refractivity contribution in [3.8, 4) is 0 Å². The first-order chi connectivity index (χ1) is 7.80. The molecule has 0 aromatic heterocycles. The summed E-state index contributed by atoms with van der Waals surface area (Å²) in [5, 5.41) is 3.71. The minimum atomic E-state index is -2.93. The average molecular weight is 275 g/mol. The summed E-state index contributed by atoms with van der Waals surface area (Å²) < 4.78 is 23.0. The first kappa shape index (κ1) is 12.5. The molecule has 0 radical (unpaired) electrons. The zero-order valence-electron chi connectivity index (χ0n) is 9.53. The van der Waals surface area contributed by atoms with Gasteiger partial charge in [-0.05, 0) is 31.5 Å². The number of halogens is 1. The molecule has 0 spiro atoms. The molecule has 0 bridgehead atoms. The molecular weight excluding hydrogens is 260 g/mol. The summed E-state index contributed by atoms with van der Waals surface area (Å²) in [6, 6.07) is 5.16. The van der Waals surface area contributed by atoms with Crippen LogP contribution >= 0.6 is 11.6 Å². The molecule has 0 saturated carbocycles. The van der Waals surface area contributed by atoms with Crippen LogP contribution in [0.4, 0.5) is 11.4 Å². The highest BCUT2D eigenvalue weighted by Gasteiger charge is 2.38. The van der Waals surface area contributed by atoms with Crippen molar-refractivity contribution in [3.63, 3.8) is 0 Å². The lowest BCUT2D eigenvalue weighted by Gasteiger charge is -2.26. The number of nitrogens with two attached hydrogens (primary N) is 1. The monoisotopic (exact) mass is 274 g/mol. The lowest BCUT2D eigenvalue weighted by molar-refractivity contribution is 0.574. The fourth-order valence-corrected chi connectivity index (χ4v) is 4.40. The van der Waals surface area contributed by atoms with Crippen LogP contribution < -0.4 is 11.1 Å². The van der Waals surface area contributed by atoms with Gasteiger partial charge in [0.1, 0.15) is 0 Å². The van der Waals surface area contributed by atoms with E-state index in [9.17, 15) is 8.42 Å². The maximum Gasteiger partial charge on any atom is 0.152 e. The summed E-state index contributed by atoms with van der Waals surface area (Å²) in [6.07, 6.45) is 0.593. The van der Waals surface area contributed by atoms with Crippen LogP contribution in [0.3, 0.4) is 0 Å². The van der Waals surface area contributed by atoms with Crippen LogP contribution in [0.5, 0.6) is 0 Å². The summed E-state index contributed by atoms with van der Waals surface area (Å²) >= 11 is 6.05. The van der Waals surface area contributed by atoms with Crippen LogP contribution in [0.2, 0.25) is 5.02 Å². The van der Waals surface area contributed by atoms with Gasteiger partial charge in [0.05, 0.1) is 22.2 Å². The Morgan fingerprint density at radius 1 is 1.47 bits per heavy atom. The maximum atomic E-state index is 11.5. The van der Waals surface area contributed by atoms with Gasteiger partial charge in [-0.3, -0.25) is 0 Å². The van der Waals surface area contributed by atoms with E-state index in [-0.39, 0.29) is 11.5 Å². The van der Waals surface area contributed by atoms with E-state index in [1.165, 1.54) is 0 Å². The molecule has 1 fully saturated rings. The van der Waals surface area contributed by atoms with Gasteiger partial charge in [-0.2, -0.15) is 0 Å². The molecule has 6 heteroatoms. The van der Waals surface area contributed by atoms with Gasteiger partial charge in [-0.1, -0.05) is 11.6 Å². The average Bonchev–Trinajstić information content (AvgIpc) is 2.46. The molecule has 1 aliphatic rings. The molecule has 3 N–H and O–H groups in total. The number of nitrogen functional groups attached to an aromatic ring is 1. The highest BCUT2D eigenvalue weighted by Crippen LogP contribution is 2.31. The molecule has 1 atom stereocenters. The van der Waals surface area contributed by atoms with Gasteiger partial charge >= 0.3 is 0 Å². The van der Waals surface area contributed by atoms with Crippen LogP contribution in [-0.4, -0.2) is 25.5 Å². The first-order valence-electron chi connectivity index (χ1n) is 5.33. The van der Waals surface area contributed by atoms with E-state index in [0.29, 0.717) is 17.1 Å². The van der Waals surface area contributed by atoms with E-state index >= 15 is 0 Å². The van der Waals surface area contributed by atoms with E-state index in [0.717, 1.165) is 5.69 Å². The maximum absolute atomic E-state index is 11.5. The van der Waals surface area contributed by atoms with E-state index in [4.69, 9.17) is 17.3 Å². The standard InChI is InChI=1S/C11H15ClN2O2S/c1-11(4-5-17(15,16)7-11)14-10-3-2-8(13)6-9(10)12/h2-3,6,14H,4-5,7,13H2,1H3. The van der Waals surface area contributed by atoms with Crippen LogP contribution in [0.1, 0.15) is 13.3 Å². The van der Waals surface area contributed by atoms with Crippen molar-refractivity contribution in [1.29, 1.82) is 0 Å². The Balaban J connectivity index is 2.22. The van der Waals surface area contributed by atoms with E-state index in [1.807, 2.05) is 6.92 Å². The molecule has 0 amide bonds. The van der Waals surface area contributed by atoms with Gasteiger partial charge in [0.25, 0.3) is 0 Å². The summed E-state index contributed by atoms with van der Waals surface area (Å²) in [5.74, 6) is 0.365. The molecule has 1 heterocycles. The Bertz CT molecular complexity index is 544. The molecule has 2 rings (SSSR count). The molecule has 1 aromatic carbocycles. The van der Waals surface area contributed by atoms with E-state index < -0.39 is 15.4 Å². The summed E-state index contributed by atoms with van der Waals surface area (Å²) in [7, 11) is -2.93. The molecule has 0 aliphatic carbocycles. The van der Waals surface area contributed by atoms with Crippen molar-refractivity contribution >= 4 is 32.8 Å². The van der Waals surface area contributed by atoms with E-state index in [2.05, 4.69) is 5.32 Å². The second-order valence-corrected chi connectivity index (χ2v) is 7.36. The van der Waals surface area contributed by atoms with Crippen molar-refractivity contribution in [2.24, 2.45) is 0 Å². The zero-order chi connectivity index (χ0) is 12.7. The number of nitrogens with one attached hydrogen (secondary N) is 1. The van der Waals surface area contributed by atoms with E-state index in [1.54, 1.807) is 18.2 Å². The molecule has 1 unspecified atom stereocenters. The molecule has 17 heavy (non-hydrogen) atoms. The lowest BCUT2D eigenvalue weighted by atomic mass is 10.0. The molecule has 1 aliphatic heterocycles. The number of sulfone groups is 1. The van der Waals surface area contributed by atoms with Gasteiger partial charge < -0.3 is 11.1 Å². The third-order valence-corrected chi connectivity index (χ3v) is 5.15. The largest absolute Gasteiger partial charge is 0.399 e. The summed E-state index contributed by atoms with van der Waals surface area (Å²) in [6.45, 7) is 1.89. The number of anilines is 2. The van der Waals surface area contributed by atoms with Crippen LogP contribution in [0.25, 0.3) is 0 Å². The van der Waals surface area contributed by atoms with Crippen molar-refractivity contribution in [3.05, 3.63) is 23.2 Å². The molecule has 4 nitrogen and oxygen atoms in total. The van der Waals surface area contributed by atoms with Gasteiger partial charge in [0, 0.05) is 11.2 Å². The topological polar surface area (TPSA) is 72.2 Å². The normalized spacial score (nSPS) is 26.9. The van der Waals surface area contributed by atoms with Gasteiger partial charge in [-0.15, -0.1) is 0 Å². The third kappa shape index (κ3) is 2.84.